The molecule has 1 heterocycles. The van der Waals surface area contributed by atoms with Crippen LogP contribution in [0, 0.1) is 11.7 Å². The first kappa shape index (κ1) is 6.55. The van der Waals surface area contributed by atoms with Gasteiger partial charge < -0.3 is 9.97 Å². The Balaban J connectivity index is 3.16. The predicted octanol–water partition coefficient (Wildman–Crippen LogP) is 1.94. The molecule has 0 unspecified atom stereocenters. The van der Waals surface area contributed by atoms with Crippen LogP contribution in [-0.4, -0.2) is 9.97 Å². The Morgan fingerprint density at radius 1 is 1.44 bits per heavy atom. The molecule has 0 saturated heterocycles. The highest BCUT2D eigenvalue weighted by molar-refractivity contribution is 7.71. The van der Waals surface area contributed by atoms with Crippen LogP contribution in [-0.2, 0) is 6.42 Å². The third-order valence-electron chi connectivity index (χ3n) is 1.37. The van der Waals surface area contributed by atoms with Gasteiger partial charge in [-0.2, -0.15) is 0 Å². The zero-order valence-electron chi connectivity index (χ0n) is 5.62. The largest absolute Gasteiger partial charge is 0.335 e. The van der Waals surface area contributed by atoms with Crippen LogP contribution >= 0.6 is 12.2 Å². The van der Waals surface area contributed by atoms with Gasteiger partial charge in [-0.05, 0) is 25.6 Å². The van der Waals surface area contributed by atoms with E-state index >= 15 is 0 Å². The first-order chi connectivity index (χ1) is 4.24. The predicted molar refractivity (Wildman–Crippen MR) is 40.1 cm³/mol. The van der Waals surface area contributed by atoms with Crippen LogP contribution in [0.2, 0.25) is 0 Å². The molecule has 0 bridgehead atoms. The molecule has 1 aromatic heterocycles. The topological polar surface area (TPSA) is 31.6 Å². The lowest BCUT2D eigenvalue weighted by Crippen LogP contribution is -1.81. The summed E-state index contributed by atoms with van der Waals surface area (Å²) >= 11 is 4.88. The van der Waals surface area contributed by atoms with E-state index in [4.69, 9.17) is 12.2 Å². The molecule has 2 nitrogen and oxygen atoms in total. The normalized spacial score (nSPS) is 10.0. The lowest BCUT2D eigenvalue weighted by atomic mass is 10.3. The van der Waals surface area contributed by atoms with Crippen LogP contribution in [0.4, 0.5) is 0 Å². The molecule has 2 N–H and O–H groups in total. The Labute approximate surface area is 59.3 Å². The van der Waals surface area contributed by atoms with Gasteiger partial charge in [-0.1, -0.05) is 6.92 Å². The molecular weight excluding hydrogens is 132 g/mol. The van der Waals surface area contributed by atoms with Crippen molar-refractivity contribution in [2.24, 2.45) is 0 Å². The first-order valence-corrected chi connectivity index (χ1v) is 3.42. The summed E-state index contributed by atoms with van der Waals surface area (Å²) in [6.07, 6.45) is 1.01. The highest BCUT2D eigenvalue weighted by atomic mass is 32.1. The fraction of sp³-hybridized carbons (Fsp3) is 0.500. The van der Waals surface area contributed by atoms with Crippen LogP contribution in [0.1, 0.15) is 18.3 Å². The van der Waals surface area contributed by atoms with E-state index in [9.17, 15) is 0 Å². The second kappa shape index (κ2) is 2.35. The standard InChI is InChI=1S/C6H10N2S/c1-3-5-4(2)7-6(9)8-5/h3H2,1-2H3,(H2,7,8,9). The Morgan fingerprint density at radius 2 is 2.11 bits per heavy atom. The maximum atomic E-state index is 4.88. The Morgan fingerprint density at radius 3 is 2.33 bits per heavy atom. The van der Waals surface area contributed by atoms with Gasteiger partial charge in [-0.15, -0.1) is 0 Å². The average Bonchev–Trinajstić information content (AvgIpc) is 2.10. The van der Waals surface area contributed by atoms with E-state index in [-0.39, 0.29) is 0 Å². The van der Waals surface area contributed by atoms with Gasteiger partial charge in [0.1, 0.15) is 0 Å². The maximum absolute atomic E-state index is 4.88. The molecule has 0 aliphatic heterocycles. The van der Waals surface area contributed by atoms with Gasteiger partial charge in [0.25, 0.3) is 0 Å². The number of aromatic nitrogens is 2. The van der Waals surface area contributed by atoms with E-state index in [1.54, 1.807) is 0 Å². The zero-order chi connectivity index (χ0) is 6.85. The molecule has 9 heavy (non-hydrogen) atoms. The van der Waals surface area contributed by atoms with E-state index in [0.29, 0.717) is 0 Å². The molecule has 50 valence electrons. The van der Waals surface area contributed by atoms with Crippen molar-refractivity contribution in [3.8, 4) is 0 Å². The van der Waals surface area contributed by atoms with Crippen LogP contribution < -0.4 is 0 Å². The van der Waals surface area contributed by atoms with Crippen LogP contribution in [0.25, 0.3) is 0 Å². The number of imidazole rings is 1. The SMILES string of the molecule is CCc1[nH]c(=S)[nH]c1C. The Hall–Kier alpha value is -0.570. The number of hydrogen-bond donors (Lipinski definition) is 2. The molecule has 0 atom stereocenters. The van der Waals surface area contributed by atoms with Crippen molar-refractivity contribution in [2.45, 2.75) is 20.3 Å². The van der Waals surface area contributed by atoms with Gasteiger partial charge >= 0.3 is 0 Å². The monoisotopic (exact) mass is 142 g/mol. The summed E-state index contributed by atoms with van der Waals surface area (Å²) in [7, 11) is 0. The van der Waals surface area contributed by atoms with Gasteiger partial charge in [-0.3, -0.25) is 0 Å². The number of aryl methyl sites for hydroxylation is 2. The van der Waals surface area contributed by atoms with E-state index in [1.807, 2.05) is 6.92 Å². The molecule has 0 aromatic carbocycles. The second-order valence-electron chi connectivity index (χ2n) is 2.04. The number of rotatable bonds is 1. The minimum absolute atomic E-state index is 0.726. The third-order valence-corrected chi connectivity index (χ3v) is 1.58. The molecule has 1 rings (SSSR count). The first-order valence-electron chi connectivity index (χ1n) is 3.01. The molecule has 3 heteroatoms. The molecule has 1 aromatic rings. The quantitative estimate of drug-likeness (QED) is 0.577. The van der Waals surface area contributed by atoms with E-state index in [1.165, 1.54) is 5.69 Å². The van der Waals surface area contributed by atoms with Crippen LogP contribution in [0.5, 0.6) is 0 Å². The summed E-state index contributed by atoms with van der Waals surface area (Å²) in [5.74, 6) is 0. The Bertz CT molecular complexity index is 246. The van der Waals surface area contributed by atoms with E-state index < -0.39 is 0 Å². The van der Waals surface area contributed by atoms with Crippen molar-refractivity contribution < 1.29 is 0 Å². The summed E-state index contributed by atoms with van der Waals surface area (Å²) in [5, 5.41) is 0. The highest BCUT2D eigenvalue weighted by Crippen LogP contribution is 2.01. The fourth-order valence-electron chi connectivity index (χ4n) is 0.861. The van der Waals surface area contributed by atoms with Gasteiger partial charge in [0.05, 0.1) is 0 Å². The second-order valence-corrected chi connectivity index (χ2v) is 2.44. The van der Waals surface area contributed by atoms with Crippen molar-refractivity contribution in [2.75, 3.05) is 0 Å². The maximum Gasteiger partial charge on any atom is 0.174 e. The van der Waals surface area contributed by atoms with Crippen molar-refractivity contribution in [3.63, 3.8) is 0 Å². The van der Waals surface area contributed by atoms with Crippen molar-refractivity contribution in [1.82, 2.24) is 9.97 Å². The molecule has 0 aliphatic carbocycles. The van der Waals surface area contributed by atoms with Crippen molar-refractivity contribution in [1.29, 1.82) is 0 Å². The number of hydrogen-bond acceptors (Lipinski definition) is 1. The van der Waals surface area contributed by atoms with Gasteiger partial charge in [0, 0.05) is 11.4 Å². The Kier molecular flexibility index (Phi) is 1.71. The third kappa shape index (κ3) is 1.21. The number of nitrogens with one attached hydrogen (secondary N) is 2. The summed E-state index contributed by atoms with van der Waals surface area (Å²) in [6, 6.07) is 0. The van der Waals surface area contributed by atoms with E-state index in [0.717, 1.165) is 16.9 Å². The lowest BCUT2D eigenvalue weighted by molar-refractivity contribution is 1.04. The molecule has 0 aliphatic rings. The molecule has 0 fully saturated rings. The average molecular weight is 142 g/mol. The van der Waals surface area contributed by atoms with Gasteiger partial charge in [0.15, 0.2) is 4.77 Å². The minimum Gasteiger partial charge on any atom is -0.335 e. The smallest absolute Gasteiger partial charge is 0.174 e. The fourth-order valence-corrected chi connectivity index (χ4v) is 1.14. The molecule has 0 saturated carbocycles. The minimum atomic E-state index is 0.726. The summed E-state index contributed by atoms with van der Waals surface area (Å²) in [6.45, 7) is 4.12. The number of aromatic amines is 2. The summed E-state index contributed by atoms with van der Waals surface area (Å²) in [4.78, 5) is 6.07. The summed E-state index contributed by atoms with van der Waals surface area (Å²) < 4.78 is 0.726. The molecule has 0 radical (unpaired) electrons. The van der Waals surface area contributed by atoms with E-state index in [2.05, 4.69) is 16.9 Å². The van der Waals surface area contributed by atoms with Gasteiger partial charge in [0.2, 0.25) is 0 Å². The molecule has 0 spiro atoms. The lowest BCUT2D eigenvalue weighted by Gasteiger charge is -1.87. The van der Waals surface area contributed by atoms with Crippen molar-refractivity contribution >= 4 is 12.2 Å². The molecular formula is C6H10N2S. The van der Waals surface area contributed by atoms with Gasteiger partial charge in [-0.25, -0.2) is 0 Å². The van der Waals surface area contributed by atoms with Crippen molar-refractivity contribution in [3.05, 3.63) is 16.2 Å². The summed E-state index contributed by atoms with van der Waals surface area (Å²) in [5.41, 5.74) is 2.36. The number of H-pyrrole nitrogens is 2. The molecule has 0 amide bonds. The zero-order valence-corrected chi connectivity index (χ0v) is 6.43. The van der Waals surface area contributed by atoms with Crippen LogP contribution in [0.15, 0.2) is 0 Å². The highest BCUT2D eigenvalue weighted by Gasteiger charge is 1.94. The van der Waals surface area contributed by atoms with Crippen LogP contribution in [0.3, 0.4) is 0 Å².